The number of benzene rings is 1. The van der Waals surface area contributed by atoms with Crippen LogP contribution in [0.4, 0.5) is 5.69 Å². The van der Waals surface area contributed by atoms with Crippen LogP contribution in [0.1, 0.15) is 20.3 Å². The van der Waals surface area contributed by atoms with E-state index >= 15 is 0 Å². The zero-order valence-corrected chi connectivity index (χ0v) is 10.6. The fraction of sp³-hybridized carbons (Fsp3) is 0.462. The van der Waals surface area contributed by atoms with Gasteiger partial charge in [0.1, 0.15) is 5.75 Å². The maximum atomic E-state index is 11.8. The summed E-state index contributed by atoms with van der Waals surface area (Å²) in [5.74, 6) is 0.784. The number of nitrogens with two attached hydrogens (primary N) is 1. The van der Waals surface area contributed by atoms with Gasteiger partial charge >= 0.3 is 0 Å². The Morgan fingerprint density at radius 3 is 2.47 bits per heavy atom. The molecule has 0 aliphatic rings. The number of anilines is 1. The molecule has 4 heteroatoms. The minimum Gasteiger partial charge on any atom is -0.497 e. The van der Waals surface area contributed by atoms with Crippen LogP contribution in [0.25, 0.3) is 0 Å². The molecule has 0 heterocycles. The molecule has 0 fully saturated rings. The molecule has 0 spiro atoms. The topological polar surface area (TPSA) is 64.4 Å². The largest absolute Gasteiger partial charge is 0.497 e. The van der Waals surface area contributed by atoms with Gasteiger partial charge in [0.2, 0.25) is 5.91 Å². The Morgan fingerprint density at radius 1 is 1.41 bits per heavy atom. The second-order valence-electron chi connectivity index (χ2n) is 4.13. The number of carbonyl (C=O) groups excluding carboxylic acids is 1. The molecule has 4 nitrogen and oxygen atoms in total. The van der Waals surface area contributed by atoms with Gasteiger partial charge in [0, 0.05) is 5.69 Å². The molecule has 0 saturated heterocycles. The highest BCUT2D eigenvalue weighted by atomic mass is 16.5. The van der Waals surface area contributed by atoms with E-state index in [1.807, 2.05) is 13.8 Å². The summed E-state index contributed by atoms with van der Waals surface area (Å²) in [6.07, 6.45) is 0.886. The molecule has 1 rings (SSSR count). The van der Waals surface area contributed by atoms with E-state index in [1.54, 1.807) is 31.4 Å². The lowest BCUT2D eigenvalue weighted by Gasteiger charge is -2.17. The number of nitrogens with one attached hydrogen (secondary N) is 1. The average Bonchev–Trinajstić information content (AvgIpc) is 2.37. The molecule has 0 saturated carbocycles. The van der Waals surface area contributed by atoms with E-state index in [0.29, 0.717) is 0 Å². The fourth-order valence-corrected chi connectivity index (χ4v) is 1.41. The van der Waals surface area contributed by atoms with E-state index < -0.39 is 6.04 Å². The minimum atomic E-state index is -0.470. The van der Waals surface area contributed by atoms with Crippen molar-refractivity contribution in [2.24, 2.45) is 11.7 Å². The first-order chi connectivity index (χ1) is 8.08. The molecule has 17 heavy (non-hydrogen) atoms. The van der Waals surface area contributed by atoms with Crippen molar-refractivity contribution in [2.45, 2.75) is 26.3 Å². The summed E-state index contributed by atoms with van der Waals surface area (Å²) in [7, 11) is 1.60. The highest BCUT2D eigenvalue weighted by molar-refractivity contribution is 5.94. The van der Waals surface area contributed by atoms with E-state index in [4.69, 9.17) is 10.5 Å². The number of carbonyl (C=O) groups is 1. The third-order valence-electron chi connectivity index (χ3n) is 2.92. The SMILES string of the molecule is CC[C@@H](C)[C@H](N)C(=O)Nc1ccc(OC)cc1. The maximum absolute atomic E-state index is 11.8. The van der Waals surface area contributed by atoms with Crippen LogP contribution in [-0.4, -0.2) is 19.1 Å². The molecule has 0 aliphatic carbocycles. The average molecular weight is 236 g/mol. The lowest BCUT2D eigenvalue weighted by atomic mass is 9.99. The molecule has 0 bridgehead atoms. The van der Waals surface area contributed by atoms with E-state index in [9.17, 15) is 4.79 Å². The van der Waals surface area contributed by atoms with E-state index in [2.05, 4.69) is 5.32 Å². The van der Waals surface area contributed by atoms with Gasteiger partial charge in [0.25, 0.3) is 0 Å². The summed E-state index contributed by atoms with van der Waals surface area (Å²) >= 11 is 0. The lowest BCUT2D eigenvalue weighted by molar-refractivity contribution is -0.118. The van der Waals surface area contributed by atoms with Crippen molar-refractivity contribution in [1.29, 1.82) is 0 Å². The first-order valence-corrected chi connectivity index (χ1v) is 5.79. The number of ether oxygens (including phenoxy) is 1. The summed E-state index contributed by atoms with van der Waals surface area (Å²) in [6, 6.07) is 6.71. The Balaban J connectivity index is 2.61. The summed E-state index contributed by atoms with van der Waals surface area (Å²) in [6.45, 7) is 3.99. The normalized spacial score (nSPS) is 13.9. The number of methoxy groups -OCH3 is 1. The zero-order valence-electron chi connectivity index (χ0n) is 10.6. The van der Waals surface area contributed by atoms with Crippen molar-refractivity contribution in [3.8, 4) is 5.75 Å². The van der Waals surface area contributed by atoms with Crippen LogP contribution in [0.2, 0.25) is 0 Å². The second-order valence-corrected chi connectivity index (χ2v) is 4.13. The molecule has 2 atom stereocenters. The predicted octanol–water partition coefficient (Wildman–Crippen LogP) is 2.01. The van der Waals surface area contributed by atoms with Gasteiger partial charge in [0.15, 0.2) is 0 Å². The Kier molecular flexibility index (Phi) is 4.97. The zero-order chi connectivity index (χ0) is 12.8. The first kappa shape index (κ1) is 13.5. The van der Waals surface area contributed by atoms with Gasteiger partial charge < -0.3 is 15.8 Å². The Labute approximate surface area is 102 Å². The van der Waals surface area contributed by atoms with Crippen LogP contribution < -0.4 is 15.8 Å². The Hall–Kier alpha value is -1.55. The van der Waals surface area contributed by atoms with Gasteiger partial charge in [-0.2, -0.15) is 0 Å². The number of rotatable bonds is 5. The van der Waals surface area contributed by atoms with E-state index in [1.165, 1.54) is 0 Å². The third kappa shape index (κ3) is 3.75. The van der Waals surface area contributed by atoms with Gasteiger partial charge in [-0.15, -0.1) is 0 Å². The van der Waals surface area contributed by atoms with Crippen molar-refractivity contribution in [2.75, 3.05) is 12.4 Å². The van der Waals surface area contributed by atoms with Crippen LogP contribution in [0.5, 0.6) is 5.75 Å². The molecular weight excluding hydrogens is 216 g/mol. The molecule has 1 aromatic carbocycles. The summed E-state index contributed by atoms with van der Waals surface area (Å²) in [5.41, 5.74) is 6.57. The smallest absolute Gasteiger partial charge is 0.241 e. The van der Waals surface area contributed by atoms with Crippen LogP contribution in [-0.2, 0) is 4.79 Å². The van der Waals surface area contributed by atoms with Crippen molar-refractivity contribution in [3.63, 3.8) is 0 Å². The summed E-state index contributed by atoms with van der Waals surface area (Å²) in [4.78, 5) is 11.8. The quantitative estimate of drug-likeness (QED) is 0.822. The standard InChI is InChI=1S/C13H20N2O2/c1-4-9(2)12(14)13(16)15-10-5-7-11(17-3)8-6-10/h5-9,12H,4,14H2,1-3H3,(H,15,16)/t9-,12+/m1/s1. The van der Waals surface area contributed by atoms with Crippen molar-refractivity contribution in [1.82, 2.24) is 0 Å². The third-order valence-corrected chi connectivity index (χ3v) is 2.92. The molecule has 94 valence electrons. The fourth-order valence-electron chi connectivity index (χ4n) is 1.41. The molecular formula is C13H20N2O2. The molecule has 0 aliphatic heterocycles. The van der Waals surface area contributed by atoms with Gasteiger partial charge in [0.05, 0.1) is 13.2 Å². The molecule has 0 unspecified atom stereocenters. The maximum Gasteiger partial charge on any atom is 0.241 e. The van der Waals surface area contributed by atoms with Crippen molar-refractivity contribution < 1.29 is 9.53 Å². The van der Waals surface area contributed by atoms with E-state index in [-0.39, 0.29) is 11.8 Å². The van der Waals surface area contributed by atoms with Gasteiger partial charge in [-0.1, -0.05) is 20.3 Å². The number of hydrogen-bond acceptors (Lipinski definition) is 3. The highest BCUT2D eigenvalue weighted by Crippen LogP contribution is 2.16. The predicted molar refractivity (Wildman–Crippen MR) is 69.1 cm³/mol. The number of amides is 1. The molecule has 3 N–H and O–H groups in total. The highest BCUT2D eigenvalue weighted by Gasteiger charge is 2.19. The van der Waals surface area contributed by atoms with Crippen molar-refractivity contribution in [3.05, 3.63) is 24.3 Å². The Bertz CT molecular complexity index is 362. The molecule has 1 aromatic rings. The van der Waals surface area contributed by atoms with Crippen molar-refractivity contribution >= 4 is 11.6 Å². The Morgan fingerprint density at radius 2 is 2.00 bits per heavy atom. The molecule has 0 radical (unpaired) electrons. The van der Waals surface area contributed by atoms with Crippen LogP contribution >= 0.6 is 0 Å². The first-order valence-electron chi connectivity index (χ1n) is 5.79. The number of hydrogen-bond donors (Lipinski definition) is 2. The molecule has 0 aromatic heterocycles. The monoisotopic (exact) mass is 236 g/mol. The summed E-state index contributed by atoms with van der Waals surface area (Å²) < 4.78 is 5.04. The van der Waals surface area contributed by atoms with Crippen LogP contribution in [0, 0.1) is 5.92 Å². The second kappa shape index (κ2) is 6.25. The van der Waals surface area contributed by atoms with Crippen LogP contribution in [0.3, 0.4) is 0 Å². The van der Waals surface area contributed by atoms with Gasteiger partial charge in [-0.05, 0) is 30.2 Å². The minimum absolute atomic E-state index is 0.149. The van der Waals surface area contributed by atoms with Gasteiger partial charge in [-0.25, -0.2) is 0 Å². The molecule has 1 amide bonds. The van der Waals surface area contributed by atoms with E-state index in [0.717, 1.165) is 17.9 Å². The van der Waals surface area contributed by atoms with Crippen LogP contribution in [0.15, 0.2) is 24.3 Å². The summed E-state index contributed by atoms with van der Waals surface area (Å²) in [5, 5.41) is 2.79. The van der Waals surface area contributed by atoms with Gasteiger partial charge in [-0.3, -0.25) is 4.79 Å². The lowest BCUT2D eigenvalue weighted by Crippen LogP contribution is -2.40.